The van der Waals surface area contributed by atoms with E-state index in [9.17, 15) is 18.0 Å². The number of carbonyl (C=O) groups is 2. The number of carbonyl (C=O) groups excluding carboxylic acids is 2. The maximum atomic E-state index is 12.6. The fraction of sp³-hybridized carbons (Fsp3) is 0.300. The first-order valence-corrected chi connectivity index (χ1v) is 10.4. The molecule has 1 N–H and O–H groups in total. The molecule has 0 saturated heterocycles. The molecule has 6 nitrogen and oxygen atoms in total. The molecule has 0 spiro atoms. The molecule has 0 radical (unpaired) electrons. The van der Waals surface area contributed by atoms with Gasteiger partial charge in [0, 0.05) is 22.9 Å². The minimum absolute atomic E-state index is 0.0332. The lowest BCUT2D eigenvalue weighted by molar-refractivity contribution is 0.101. The van der Waals surface area contributed by atoms with E-state index >= 15 is 0 Å². The topological polar surface area (TPSA) is 83.6 Å². The van der Waals surface area contributed by atoms with E-state index in [0.717, 1.165) is 5.56 Å². The number of hydrogen-bond donors (Lipinski definition) is 1. The Balaban J connectivity index is 1.86. The van der Waals surface area contributed by atoms with Gasteiger partial charge in [0.1, 0.15) is 0 Å². The van der Waals surface area contributed by atoms with Crippen LogP contribution in [0.3, 0.4) is 0 Å². The summed E-state index contributed by atoms with van der Waals surface area (Å²) in [6.45, 7) is 4.95. The van der Waals surface area contributed by atoms with Crippen LogP contribution in [0.15, 0.2) is 42.5 Å². The number of nitrogens with zero attached hydrogens (tertiary/aromatic N) is 1. The first-order valence-electron chi connectivity index (χ1n) is 8.80. The second-order valence-corrected chi connectivity index (χ2v) is 8.82. The molecule has 1 heterocycles. The quantitative estimate of drug-likeness (QED) is 0.800. The maximum absolute atomic E-state index is 12.6. The van der Waals surface area contributed by atoms with Crippen molar-refractivity contribution in [3.63, 3.8) is 0 Å². The van der Waals surface area contributed by atoms with Crippen LogP contribution in [0.25, 0.3) is 0 Å². The first kappa shape index (κ1) is 19.1. The monoisotopic (exact) mass is 386 g/mol. The van der Waals surface area contributed by atoms with Gasteiger partial charge < -0.3 is 5.32 Å². The summed E-state index contributed by atoms with van der Waals surface area (Å²) in [4.78, 5) is 24.1. The van der Waals surface area contributed by atoms with E-state index in [-0.39, 0.29) is 23.5 Å². The molecule has 2 aromatic rings. The van der Waals surface area contributed by atoms with E-state index in [1.165, 1.54) is 11.2 Å². The third-order valence-electron chi connectivity index (χ3n) is 4.69. The van der Waals surface area contributed by atoms with Crippen molar-refractivity contribution in [1.82, 2.24) is 0 Å². The summed E-state index contributed by atoms with van der Waals surface area (Å²) in [5.74, 6) is -0.344. The van der Waals surface area contributed by atoms with Gasteiger partial charge in [-0.25, -0.2) is 8.42 Å². The number of rotatable bonds is 5. The minimum atomic E-state index is -3.35. The highest BCUT2D eigenvalue weighted by Gasteiger charge is 2.34. The summed E-state index contributed by atoms with van der Waals surface area (Å²) >= 11 is 0. The largest absolute Gasteiger partial charge is 0.322 e. The van der Waals surface area contributed by atoms with Crippen molar-refractivity contribution >= 4 is 33.1 Å². The van der Waals surface area contributed by atoms with Gasteiger partial charge in [-0.2, -0.15) is 0 Å². The number of nitrogens with one attached hydrogen (secondary N) is 1. The molecule has 1 atom stereocenters. The molecule has 2 aromatic carbocycles. The van der Waals surface area contributed by atoms with Gasteiger partial charge in [0.05, 0.1) is 11.4 Å². The molecular formula is C20H22N2O4S. The number of amides is 1. The Hall–Kier alpha value is -2.67. The van der Waals surface area contributed by atoms with E-state index < -0.39 is 10.0 Å². The number of anilines is 2. The highest BCUT2D eigenvalue weighted by Crippen LogP contribution is 2.35. The number of Topliss-reactive ketones (excluding diaryl/α,β-unsaturated/α-hetero) is 1. The molecule has 3 rings (SSSR count). The smallest absolute Gasteiger partial charge is 0.255 e. The standard InChI is InChI=1S/C20H22N2O4S/c1-4-27(25,26)22-13(2)10-17-11-16(8-9-19(17)22)20(24)21-18-7-5-6-15(12-18)14(3)23/h5-9,11-13H,4,10H2,1-3H3,(H,21,24)/t13-/m1/s1. The lowest BCUT2D eigenvalue weighted by Gasteiger charge is -2.23. The second-order valence-electron chi connectivity index (χ2n) is 6.68. The van der Waals surface area contributed by atoms with Crippen LogP contribution < -0.4 is 9.62 Å². The van der Waals surface area contributed by atoms with Crippen LogP contribution in [0.5, 0.6) is 0 Å². The van der Waals surface area contributed by atoms with Crippen LogP contribution in [0.1, 0.15) is 47.1 Å². The van der Waals surface area contributed by atoms with Crippen molar-refractivity contribution < 1.29 is 18.0 Å². The van der Waals surface area contributed by atoms with Crippen molar-refractivity contribution in [2.24, 2.45) is 0 Å². The fourth-order valence-electron chi connectivity index (χ4n) is 3.33. The number of ketones is 1. The van der Waals surface area contributed by atoms with E-state index in [1.807, 2.05) is 6.92 Å². The molecule has 0 unspecified atom stereocenters. The molecule has 1 amide bonds. The molecule has 142 valence electrons. The summed E-state index contributed by atoms with van der Waals surface area (Å²) in [5, 5.41) is 2.79. The Morgan fingerprint density at radius 1 is 1.15 bits per heavy atom. The molecule has 0 bridgehead atoms. The van der Waals surface area contributed by atoms with Crippen LogP contribution in [0, 0.1) is 0 Å². The van der Waals surface area contributed by atoms with Crippen molar-refractivity contribution in [2.45, 2.75) is 33.2 Å². The van der Waals surface area contributed by atoms with Crippen molar-refractivity contribution in [3.05, 3.63) is 59.2 Å². The fourth-order valence-corrected chi connectivity index (χ4v) is 4.70. The summed E-state index contributed by atoms with van der Waals surface area (Å²) in [6.07, 6.45) is 0.565. The maximum Gasteiger partial charge on any atom is 0.255 e. The van der Waals surface area contributed by atoms with Crippen LogP contribution in [0.4, 0.5) is 11.4 Å². The molecule has 0 saturated carbocycles. The molecule has 0 aromatic heterocycles. The molecule has 7 heteroatoms. The lowest BCUT2D eigenvalue weighted by Crippen LogP contribution is -2.36. The van der Waals surface area contributed by atoms with Crippen molar-refractivity contribution in [3.8, 4) is 0 Å². The van der Waals surface area contributed by atoms with Gasteiger partial charge >= 0.3 is 0 Å². The Morgan fingerprint density at radius 3 is 2.56 bits per heavy atom. The van der Waals surface area contributed by atoms with Gasteiger partial charge in [-0.3, -0.25) is 13.9 Å². The predicted octanol–water partition coefficient (Wildman–Crippen LogP) is 3.24. The van der Waals surface area contributed by atoms with Gasteiger partial charge in [-0.1, -0.05) is 12.1 Å². The summed E-state index contributed by atoms with van der Waals surface area (Å²) in [6, 6.07) is 11.6. The number of sulfonamides is 1. The van der Waals surface area contributed by atoms with E-state index in [4.69, 9.17) is 0 Å². The molecule has 0 aliphatic carbocycles. The number of benzene rings is 2. The molecule has 1 aliphatic rings. The van der Waals surface area contributed by atoms with Gasteiger partial charge in [0.15, 0.2) is 5.78 Å². The number of fused-ring (bicyclic) bond motifs is 1. The third-order valence-corrected chi connectivity index (χ3v) is 6.57. The average Bonchev–Trinajstić information content (AvgIpc) is 2.97. The van der Waals surface area contributed by atoms with Crippen molar-refractivity contribution in [1.29, 1.82) is 0 Å². The number of hydrogen-bond acceptors (Lipinski definition) is 4. The van der Waals surface area contributed by atoms with Gasteiger partial charge in [0.25, 0.3) is 5.91 Å². The lowest BCUT2D eigenvalue weighted by atomic mass is 10.1. The third kappa shape index (κ3) is 3.73. The van der Waals surface area contributed by atoms with E-state index in [1.54, 1.807) is 49.4 Å². The SMILES string of the molecule is CCS(=O)(=O)N1c2ccc(C(=O)Nc3cccc(C(C)=O)c3)cc2C[C@H]1C. The Kier molecular flexibility index (Phi) is 5.06. The van der Waals surface area contributed by atoms with Crippen LogP contribution >= 0.6 is 0 Å². The van der Waals surface area contributed by atoms with Gasteiger partial charge in [-0.05, 0) is 63.1 Å². The molecule has 1 aliphatic heterocycles. The Morgan fingerprint density at radius 2 is 1.89 bits per heavy atom. The Bertz CT molecular complexity index is 1010. The first-order chi connectivity index (χ1) is 12.7. The average molecular weight is 386 g/mol. The molecule has 27 heavy (non-hydrogen) atoms. The van der Waals surface area contributed by atoms with E-state index in [2.05, 4.69) is 5.32 Å². The second kappa shape index (κ2) is 7.15. The zero-order chi connectivity index (χ0) is 19.8. The molecule has 0 fully saturated rings. The molecular weight excluding hydrogens is 364 g/mol. The van der Waals surface area contributed by atoms with Gasteiger partial charge in [0.2, 0.25) is 10.0 Å². The van der Waals surface area contributed by atoms with Gasteiger partial charge in [-0.15, -0.1) is 0 Å². The minimum Gasteiger partial charge on any atom is -0.322 e. The summed E-state index contributed by atoms with van der Waals surface area (Å²) < 4.78 is 26.1. The highest BCUT2D eigenvalue weighted by atomic mass is 32.2. The normalized spacial score (nSPS) is 16.1. The highest BCUT2D eigenvalue weighted by molar-refractivity contribution is 7.92. The summed E-state index contributed by atoms with van der Waals surface area (Å²) in [5.41, 5.74) is 2.99. The zero-order valence-electron chi connectivity index (χ0n) is 15.5. The zero-order valence-corrected chi connectivity index (χ0v) is 16.3. The Labute approximate surface area is 159 Å². The van der Waals surface area contributed by atoms with Crippen LogP contribution in [-0.2, 0) is 16.4 Å². The summed E-state index contributed by atoms with van der Waals surface area (Å²) in [7, 11) is -3.35. The predicted molar refractivity (Wildman–Crippen MR) is 106 cm³/mol. The van der Waals surface area contributed by atoms with E-state index in [0.29, 0.717) is 28.9 Å². The van der Waals surface area contributed by atoms with Crippen LogP contribution in [-0.4, -0.2) is 31.9 Å². The van der Waals surface area contributed by atoms with Crippen molar-refractivity contribution in [2.75, 3.05) is 15.4 Å². The van der Waals surface area contributed by atoms with Crippen LogP contribution in [0.2, 0.25) is 0 Å².